The van der Waals surface area contributed by atoms with Gasteiger partial charge in [0.2, 0.25) is 5.91 Å². The number of H-pyrrole nitrogens is 1. The van der Waals surface area contributed by atoms with Crippen molar-refractivity contribution in [2.45, 2.75) is 13.5 Å². The quantitative estimate of drug-likeness (QED) is 0.711. The van der Waals surface area contributed by atoms with Gasteiger partial charge in [-0.2, -0.15) is 5.10 Å². The Kier molecular flexibility index (Phi) is 3.01. The SMILES string of the molecule is C.O=C1NCC1n1cc(-c2c[nH]c3cc(F)ccc23)cn1. The number of nitrogens with one attached hydrogen (secondary N) is 2. The van der Waals surface area contributed by atoms with E-state index in [-0.39, 0.29) is 25.2 Å². The van der Waals surface area contributed by atoms with Crippen molar-refractivity contribution in [1.82, 2.24) is 20.1 Å². The number of rotatable bonds is 2. The maximum absolute atomic E-state index is 13.2. The standard InChI is InChI=1S/C14H11FN4O.CH4/c15-9-1-2-10-11(5-16-12(10)3-9)8-4-18-19(7-8)13-6-17-14(13)20;/h1-5,7,13,16H,6H2,(H,17,20);1H4. The second-order valence-corrected chi connectivity index (χ2v) is 4.86. The van der Waals surface area contributed by atoms with Gasteiger partial charge < -0.3 is 10.3 Å². The number of carbonyl (C=O) groups is 1. The molecule has 2 N–H and O–H groups in total. The molecule has 3 heterocycles. The molecule has 4 rings (SSSR count). The number of aromatic nitrogens is 3. The molecule has 1 aromatic carbocycles. The molecule has 108 valence electrons. The first-order valence-corrected chi connectivity index (χ1v) is 6.31. The van der Waals surface area contributed by atoms with Crippen LogP contribution in [0.4, 0.5) is 4.39 Å². The Morgan fingerprint density at radius 3 is 2.95 bits per heavy atom. The van der Waals surface area contributed by atoms with Crippen LogP contribution in [0.1, 0.15) is 13.5 Å². The molecule has 2 aromatic heterocycles. The minimum absolute atomic E-state index is 0. The van der Waals surface area contributed by atoms with E-state index in [1.54, 1.807) is 16.9 Å². The molecule has 3 aromatic rings. The molecule has 0 aliphatic carbocycles. The summed E-state index contributed by atoms with van der Waals surface area (Å²) in [4.78, 5) is 14.4. The third kappa shape index (κ3) is 1.99. The van der Waals surface area contributed by atoms with Gasteiger partial charge in [-0.1, -0.05) is 7.43 Å². The number of hydrogen-bond donors (Lipinski definition) is 2. The number of nitrogens with zero attached hydrogens (tertiary/aromatic N) is 2. The van der Waals surface area contributed by atoms with E-state index >= 15 is 0 Å². The van der Waals surface area contributed by atoms with E-state index < -0.39 is 0 Å². The van der Waals surface area contributed by atoms with Gasteiger partial charge in [-0.25, -0.2) is 4.39 Å². The lowest BCUT2D eigenvalue weighted by atomic mass is 10.1. The lowest BCUT2D eigenvalue weighted by Gasteiger charge is -2.25. The number of carbonyl (C=O) groups excluding carboxylic acids is 1. The second kappa shape index (κ2) is 4.73. The Morgan fingerprint density at radius 2 is 2.24 bits per heavy atom. The predicted octanol–water partition coefficient (Wildman–Crippen LogP) is 2.48. The lowest BCUT2D eigenvalue weighted by Crippen LogP contribution is -2.49. The highest BCUT2D eigenvalue weighted by atomic mass is 19.1. The first-order chi connectivity index (χ1) is 9.72. The summed E-state index contributed by atoms with van der Waals surface area (Å²) in [5.41, 5.74) is 2.60. The van der Waals surface area contributed by atoms with E-state index in [9.17, 15) is 9.18 Å². The molecule has 1 aliphatic heterocycles. The largest absolute Gasteiger partial charge is 0.360 e. The van der Waals surface area contributed by atoms with Crippen LogP contribution in [0.2, 0.25) is 0 Å². The van der Waals surface area contributed by atoms with Crippen LogP contribution in [0.5, 0.6) is 0 Å². The van der Waals surface area contributed by atoms with Crippen molar-refractivity contribution in [1.29, 1.82) is 0 Å². The molecule has 0 radical (unpaired) electrons. The minimum atomic E-state index is -0.271. The van der Waals surface area contributed by atoms with Crippen LogP contribution in [0, 0.1) is 5.82 Å². The Balaban J connectivity index is 0.00000132. The summed E-state index contributed by atoms with van der Waals surface area (Å²) in [6.07, 6.45) is 5.39. The lowest BCUT2D eigenvalue weighted by molar-refractivity contribution is -0.130. The van der Waals surface area contributed by atoms with Gasteiger partial charge in [-0.3, -0.25) is 9.48 Å². The molecule has 5 nitrogen and oxygen atoms in total. The van der Waals surface area contributed by atoms with Gasteiger partial charge in [0.05, 0.1) is 6.20 Å². The van der Waals surface area contributed by atoms with E-state index in [1.165, 1.54) is 12.1 Å². The Labute approximate surface area is 120 Å². The summed E-state index contributed by atoms with van der Waals surface area (Å²) in [5, 5.41) is 7.86. The van der Waals surface area contributed by atoms with Gasteiger partial charge in [0.25, 0.3) is 0 Å². The Bertz CT molecular complexity index is 820. The fourth-order valence-electron chi connectivity index (χ4n) is 2.48. The van der Waals surface area contributed by atoms with Gasteiger partial charge in [0.1, 0.15) is 11.9 Å². The van der Waals surface area contributed by atoms with E-state index in [0.717, 1.165) is 22.0 Å². The van der Waals surface area contributed by atoms with E-state index in [2.05, 4.69) is 15.4 Å². The topological polar surface area (TPSA) is 62.7 Å². The summed E-state index contributed by atoms with van der Waals surface area (Å²) < 4.78 is 14.8. The minimum Gasteiger partial charge on any atom is -0.360 e. The summed E-state index contributed by atoms with van der Waals surface area (Å²) in [5.74, 6) is -0.284. The van der Waals surface area contributed by atoms with Crippen molar-refractivity contribution in [2.75, 3.05) is 6.54 Å². The normalized spacial score (nSPS) is 17.2. The number of halogens is 1. The molecule has 1 fully saturated rings. The fraction of sp³-hybridized carbons (Fsp3) is 0.200. The predicted molar refractivity (Wildman–Crippen MR) is 78.3 cm³/mol. The van der Waals surface area contributed by atoms with Crippen molar-refractivity contribution in [3.05, 3.63) is 42.6 Å². The van der Waals surface area contributed by atoms with Gasteiger partial charge in [-0.15, -0.1) is 0 Å². The zero-order valence-corrected chi connectivity index (χ0v) is 10.4. The number of fused-ring (bicyclic) bond motifs is 1. The van der Waals surface area contributed by atoms with Gasteiger partial charge in [0, 0.05) is 41.0 Å². The molecular formula is C15H15FN4O. The molecular weight excluding hydrogens is 271 g/mol. The summed E-state index contributed by atoms with van der Waals surface area (Å²) >= 11 is 0. The zero-order valence-electron chi connectivity index (χ0n) is 10.4. The first kappa shape index (κ1) is 13.4. The highest BCUT2D eigenvalue weighted by Crippen LogP contribution is 2.29. The molecule has 1 saturated heterocycles. The van der Waals surface area contributed by atoms with Crippen molar-refractivity contribution in [3.63, 3.8) is 0 Å². The van der Waals surface area contributed by atoms with Crippen LogP contribution in [0.15, 0.2) is 36.8 Å². The van der Waals surface area contributed by atoms with Crippen LogP contribution in [0.25, 0.3) is 22.0 Å². The third-order valence-electron chi connectivity index (χ3n) is 3.65. The van der Waals surface area contributed by atoms with Crippen LogP contribution >= 0.6 is 0 Å². The smallest absolute Gasteiger partial charge is 0.246 e. The number of benzene rings is 1. The molecule has 6 heteroatoms. The molecule has 1 aliphatic rings. The highest BCUT2D eigenvalue weighted by Gasteiger charge is 2.30. The maximum atomic E-state index is 13.2. The number of amides is 1. The second-order valence-electron chi connectivity index (χ2n) is 4.86. The Hall–Kier alpha value is -2.63. The van der Waals surface area contributed by atoms with Gasteiger partial charge in [0.15, 0.2) is 0 Å². The third-order valence-corrected chi connectivity index (χ3v) is 3.65. The van der Waals surface area contributed by atoms with Crippen molar-refractivity contribution < 1.29 is 9.18 Å². The monoisotopic (exact) mass is 286 g/mol. The van der Waals surface area contributed by atoms with E-state index in [1.807, 2.05) is 12.4 Å². The van der Waals surface area contributed by atoms with Crippen LogP contribution in [-0.4, -0.2) is 27.2 Å². The first-order valence-electron chi connectivity index (χ1n) is 6.31. The molecule has 0 spiro atoms. The fourth-order valence-corrected chi connectivity index (χ4v) is 2.48. The molecule has 1 amide bonds. The average molecular weight is 286 g/mol. The van der Waals surface area contributed by atoms with Crippen LogP contribution in [-0.2, 0) is 4.79 Å². The molecule has 21 heavy (non-hydrogen) atoms. The van der Waals surface area contributed by atoms with Crippen molar-refractivity contribution >= 4 is 16.8 Å². The average Bonchev–Trinajstić information content (AvgIpc) is 3.03. The van der Waals surface area contributed by atoms with Crippen molar-refractivity contribution in [3.8, 4) is 11.1 Å². The Morgan fingerprint density at radius 1 is 1.38 bits per heavy atom. The molecule has 0 bridgehead atoms. The number of aromatic amines is 1. The summed E-state index contributed by atoms with van der Waals surface area (Å²) in [6.45, 7) is 0.610. The summed E-state index contributed by atoms with van der Waals surface area (Å²) in [7, 11) is 0. The van der Waals surface area contributed by atoms with E-state index in [0.29, 0.717) is 6.54 Å². The van der Waals surface area contributed by atoms with E-state index in [4.69, 9.17) is 0 Å². The van der Waals surface area contributed by atoms with Gasteiger partial charge >= 0.3 is 0 Å². The van der Waals surface area contributed by atoms with Gasteiger partial charge in [-0.05, 0) is 18.2 Å². The highest BCUT2D eigenvalue weighted by molar-refractivity contribution is 5.95. The molecule has 1 unspecified atom stereocenters. The molecule has 0 saturated carbocycles. The van der Waals surface area contributed by atoms with Crippen molar-refractivity contribution in [2.24, 2.45) is 0 Å². The number of β-lactam (4-membered cyclic amide) rings is 1. The van der Waals surface area contributed by atoms with Crippen LogP contribution < -0.4 is 5.32 Å². The zero-order chi connectivity index (χ0) is 13.7. The van der Waals surface area contributed by atoms with Crippen LogP contribution in [0.3, 0.4) is 0 Å². The maximum Gasteiger partial charge on any atom is 0.246 e. The molecule has 1 atom stereocenters. The summed E-state index contributed by atoms with van der Waals surface area (Å²) in [6, 6.07) is 4.42. The number of hydrogen-bond acceptors (Lipinski definition) is 2.